The lowest BCUT2D eigenvalue weighted by molar-refractivity contribution is 0.0120. The average molecular weight is 267 g/mol. The molecule has 1 fully saturated rings. The summed E-state index contributed by atoms with van der Waals surface area (Å²) in [5, 5.41) is 5.13. The minimum absolute atomic E-state index is 0.126. The van der Waals surface area contributed by atoms with E-state index in [0.717, 1.165) is 32.1 Å². The van der Waals surface area contributed by atoms with E-state index in [4.69, 9.17) is 4.74 Å². The summed E-state index contributed by atoms with van der Waals surface area (Å²) in [6.07, 6.45) is 6.84. The topological polar surface area (TPSA) is 63.2 Å². The van der Waals surface area contributed by atoms with Crippen molar-refractivity contribution >= 4 is 11.7 Å². The monoisotopic (exact) mass is 267 g/mol. The lowest BCUT2D eigenvalue weighted by atomic mass is 10.1. The first-order valence-corrected chi connectivity index (χ1v) is 6.51. The van der Waals surface area contributed by atoms with Crippen LogP contribution in [0.1, 0.15) is 25.7 Å². The zero-order valence-corrected chi connectivity index (χ0v) is 10.7. The molecule has 1 aliphatic rings. The van der Waals surface area contributed by atoms with Crippen LogP contribution in [-0.4, -0.2) is 30.3 Å². The molecule has 0 unspecified atom stereocenters. The third-order valence-electron chi connectivity index (χ3n) is 3.05. The fourth-order valence-corrected chi connectivity index (χ4v) is 2.02. The van der Waals surface area contributed by atoms with Gasteiger partial charge in [0.25, 0.3) is 0 Å². The average Bonchev–Trinajstić information content (AvgIpc) is 2.43. The molecule has 1 atom stereocenters. The van der Waals surface area contributed by atoms with Gasteiger partial charge >= 0.3 is 6.03 Å². The van der Waals surface area contributed by atoms with Crippen LogP contribution in [0, 0.1) is 5.82 Å². The molecule has 2 rings (SSSR count). The standard InChI is InChI=1S/C13H18FN3O2/c14-11-9-15-6-5-12(11)17-13(18)16-7-4-10-3-1-2-8-19-10/h5-6,9-10H,1-4,7-8H2,(H2,15,16,17,18)/t10-/m1/s1. The summed E-state index contributed by atoms with van der Waals surface area (Å²) in [6, 6.07) is 1.00. The van der Waals surface area contributed by atoms with Crippen LogP contribution in [-0.2, 0) is 4.74 Å². The molecule has 0 saturated carbocycles. The maximum absolute atomic E-state index is 13.2. The molecular formula is C13H18FN3O2. The van der Waals surface area contributed by atoms with E-state index in [9.17, 15) is 9.18 Å². The number of rotatable bonds is 4. The quantitative estimate of drug-likeness (QED) is 0.879. The maximum atomic E-state index is 13.2. The third kappa shape index (κ3) is 4.48. The van der Waals surface area contributed by atoms with Crippen LogP contribution in [0.2, 0.25) is 0 Å². The molecule has 0 spiro atoms. The molecule has 1 saturated heterocycles. The van der Waals surface area contributed by atoms with Gasteiger partial charge in [-0.15, -0.1) is 0 Å². The summed E-state index contributed by atoms with van der Waals surface area (Å²) >= 11 is 0. The van der Waals surface area contributed by atoms with Gasteiger partial charge in [-0.2, -0.15) is 0 Å². The summed E-state index contributed by atoms with van der Waals surface area (Å²) in [4.78, 5) is 15.2. The number of pyridine rings is 1. The zero-order valence-electron chi connectivity index (χ0n) is 10.7. The number of amides is 2. The van der Waals surface area contributed by atoms with Gasteiger partial charge in [-0.3, -0.25) is 4.98 Å². The first-order valence-electron chi connectivity index (χ1n) is 6.51. The van der Waals surface area contributed by atoms with Crippen molar-refractivity contribution < 1.29 is 13.9 Å². The highest BCUT2D eigenvalue weighted by Gasteiger charge is 2.13. The van der Waals surface area contributed by atoms with Crippen molar-refractivity contribution in [2.45, 2.75) is 31.8 Å². The fourth-order valence-electron chi connectivity index (χ4n) is 2.02. The van der Waals surface area contributed by atoms with Crippen LogP contribution >= 0.6 is 0 Å². The van der Waals surface area contributed by atoms with Gasteiger partial charge < -0.3 is 15.4 Å². The lowest BCUT2D eigenvalue weighted by Crippen LogP contribution is -2.32. The second-order valence-electron chi connectivity index (χ2n) is 4.51. The van der Waals surface area contributed by atoms with Crippen LogP contribution in [0.15, 0.2) is 18.5 Å². The van der Waals surface area contributed by atoms with Crippen LogP contribution in [0.3, 0.4) is 0 Å². The van der Waals surface area contributed by atoms with Crippen molar-refractivity contribution in [2.24, 2.45) is 0 Å². The predicted molar refractivity (Wildman–Crippen MR) is 69.4 cm³/mol. The van der Waals surface area contributed by atoms with Crippen molar-refractivity contribution in [2.75, 3.05) is 18.5 Å². The maximum Gasteiger partial charge on any atom is 0.319 e. The van der Waals surface area contributed by atoms with E-state index < -0.39 is 11.8 Å². The first kappa shape index (κ1) is 13.7. The number of hydrogen-bond donors (Lipinski definition) is 2. The number of nitrogens with zero attached hydrogens (tertiary/aromatic N) is 1. The van der Waals surface area contributed by atoms with Crippen molar-refractivity contribution in [3.05, 3.63) is 24.3 Å². The first-order chi connectivity index (χ1) is 9.25. The molecule has 1 aromatic rings. The van der Waals surface area contributed by atoms with Crippen molar-refractivity contribution in [1.29, 1.82) is 0 Å². The number of nitrogens with one attached hydrogen (secondary N) is 2. The van der Waals surface area contributed by atoms with Gasteiger partial charge in [-0.05, 0) is 31.7 Å². The Morgan fingerprint density at radius 3 is 3.16 bits per heavy atom. The second kappa shape index (κ2) is 7.04. The molecule has 2 N–H and O–H groups in total. The molecule has 0 aliphatic carbocycles. The van der Waals surface area contributed by atoms with E-state index in [2.05, 4.69) is 15.6 Å². The number of aromatic nitrogens is 1. The van der Waals surface area contributed by atoms with E-state index in [-0.39, 0.29) is 11.8 Å². The molecule has 104 valence electrons. The van der Waals surface area contributed by atoms with Crippen molar-refractivity contribution in [3.63, 3.8) is 0 Å². The molecule has 19 heavy (non-hydrogen) atoms. The van der Waals surface area contributed by atoms with Crippen LogP contribution in [0.5, 0.6) is 0 Å². The van der Waals surface area contributed by atoms with Gasteiger partial charge in [0.15, 0.2) is 5.82 Å². The van der Waals surface area contributed by atoms with Gasteiger partial charge in [-0.1, -0.05) is 0 Å². The number of urea groups is 1. The van der Waals surface area contributed by atoms with E-state index in [0.29, 0.717) is 6.54 Å². The summed E-state index contributed by atoms with van der Waals surface area (Å²) < 4.78 is 18.8. The Labute approximate surface area is 111 Å². The molecule has 1 aliphatic heterocycles. The molecule has 2 amide bonds. The molecule has 2 heterocycles. The normalized spacial score (nSPS) is 18.9. The summed E-state index contributed by atoms with van der Waals surface area (Å²) in [7, 11) is 0. The predicted octanol–water partition coefficient (Wildman–Crippen LogP) is 2.30. The Kier molecular flexibility index (Phi) is 5.09. The number of halogens is 1. The van der Waals surface area contributed by atoms with Crippen LogP contribution < -0.4 is 10.6 Å². The Hall–Kier alpha value is -1.69. The van der Waals surface area contributed by atoms with E-state index in [1.165, 1.54) is 18.7 Å². The van der Waals surface area contributed by atoms with Gasteiger partial charge in [0.1, 0.15) is 0 Å². The Bertz CT molecular complexity index is 422. The summed E-state index contributed by atoms with van der Waals surface area (Å²) in [5.41, 5.74) is 0.126. The number of ether oxygens (including phenoxy) is 1. The second-order valence-corrected chi connectivity index (χ2v) is 4.51. The Balaban J connectivity index is 1.68. The minimum atomic E-state index is -0.548. The van der Waals surface area contributed by atoms with Gasteiger partial charge in [0.2, 0.25) is 0 Å². The third-order valence-corrected chi connectivity index (χ3v) is 3.05. The number of carbonyl (C=O) groups is 1. The molecule has 0 bridgehead atoms. The molecule has 5 nitrogen and oxygen atoms in total. The highest BCUT2D eigenvalue weighted by Crippen LogP contribution is 2.15. The van der Waals surface area contributed by atoms with Crippen molar-refractivity contribution in [3.8, 4) is 0 Å². The highest BCUT2D eigenvalue weighted by atomic mass is 19.1. The molecule has 0 aromatic carbocycles. The highest BCUT2D eigenvalue weighted by molar-refractivity contribution is 5.89. The number of hydrogen-bond acceptors (Lipinski definition) is 3. The number of anilines is 1. The summed E-state index contributed by atoms with van der Waals surface area (Å²) in [5.74, 6) is -0.548. The van der Waals surface area contributed by atoms with E-state index in [1.807, 2.05) is 0 Å². The molecule has 1 aromatic heterocycles. The van der Waals surface area contributed by atoms with Crippen LogP contribution in [0.4, 0.5) is 14.9 Å². The largest absolute Gasteiger partial charge is 0.378 e. The van der Waals surface area contributed by atoms with Gasteiger partial charge in [0.05, 0.1) is 18.0 Å². The molecule has 6 heteroatoms. The summed E-state index contributed by atoms with van der Waals surface area (Å²) in [6.45, 7) is 1.32. The Morgan fingerprint density at radius 1 is 1.53 bits per heavy atom. The molecular weight excluding hydrogens is 249 g/mol. The van der Waals surface area contributed by atoms with Gasteiger partial charge in [-0.25, -0.2) is 9.18 Å². The minimum Gasteiger partial charge on any atom is -0.378 e. The van der Waals surface area contributed by atoms with Gasteiger partial charge in [0, 0.05) is 19.3 Å². The smallest absolute Gasteiger partial charge is 0.319 e. The van der Waals surface area contributed by atoms with Crippen molar-refractivity contribution in [1.82, 2.24) is 10.3 Å². The SMILES string of the molecule is O=C(NCC[C@H]1CCCCO1)Nc1ccncc1F. The zero-order chi connectivity index (χ0) is 13.5. The Morgan fingerprint density at radius 2 is 2.42 bits per heavy atom. The van der Waals surface area contributed by atoms with Crippen LogP contribution in [0.25, 0.3) is 0 Å². The lowest BCUT2D eigenvalue weighted by Gasteiger charge is -2.22. The van der Waals surface area contributed by atoms with E-state index in [1.54, 1.807) is 0 Å². The fraction of sp³-hybridized carbons (Fsp3) is 0.538. The molecule has 0 radical (unpaired) electrons. The number of carbonyl (C=O) groups excluding carboxylic acids is 1. The van der Waals surface area contributed by atoms with E-state index >= 15 is 0 Å².